The monoisotopic (exact) mass is 350 g/mol. The normalized spacial score (nSPS) is 11.7. The molecule has 0 unspecified atom stereocenters. The van der Waals surface area contributed by atoms with E-state index in [2.05, 4.69) is 9.71 Å². The highest BCUT2D eigenvalue weighted by Crippen LogP contribution is 2.21. The highest BCUT2D eigenvalue weighted by atomic mass is 32.2. The molecule has 6 nitrogen and oxygen atoms in total. The molecule has 0 spiro atoms. The number of methoxy groups -OCH3 is 1. The van der Waals surface area contributed by atoms with E-state index in [4.69, 9.17) is 4.74 Å². The van der Waals surface area contributed by atoms with Gasteiger partial charge in [-0.15, -0.1) is 0 Å². The average molecular weight is 350 g/mol. The van der Waals surface area contributed by atoms with E-state index in [1.54, 1.807) is 18.2 Å². The van der Waals surface area contributed by atoms with Gasteiger partial charge in [-0.1, -0.05) is 29.5 Å². The molecule has 0 bridgehead atoms. The predicted molar refractivity (Wildman–Crippen MR) is 89.5 cm³/mol. The highest BCUT2D eigenvalue weighted by molar-refractivity contribution is 7.89. The highest BCUT2D eigenvalue weighted by Gasteiger charge is 2.16. The number of para-hydroxylation sites is 1. The number of thiazole rings is 1. The fraction of sp³-hybridized carbons (Fsp3) is 0.133. The van der Waals surface area contributed by atoms with E-state index in [0.29, 0.717) is 16.0 Å². The number of fused-ring (bicyclic) bond motifs is 1. The lowest BCUT2D eigenvalue weighted by molar-refractivity contribution is 0.409. The summed E-state index contributed by atoms with van der Waals surface area (Å²) in [6.45, 7) is 0.119. The van der Waals surface area contributed by atoms with Crippen molar-refractivity contribution in [2.45, 2.75) is 11.4 Å². The summed E-state index contributed by atoms with van der Waals surface area (Å²) in [6.07, 6.45) is 0. The minimum absolute atomic E-state index is 0.119. The smallest absolute Gasteiger partial charge is 0.305 e. The summed E-state index contributed by atoms with van der Waals surface area (Å²) in [7, 11) is -2.14. The lowest BCUT2D eigenvalue weighted by Crippen LogP contribution is -2.23. The van der Waals surface area contributed by atoms with Gasteiger partial charge >= 0.3 is 4.87 Å². The van der Waals surface area contributed by atoms with Crippen molar-refractivity contribution < 1.29 is 13.2 Å². The van der Waals surface area contributed by atoms with Crippen LogP contribution in [0.5, 0.6) is 5.75 Å². The van der Waals surface area contributed by atoms with Crippen LogP contribution in [-0.4, -0.2) is 20.5 Å². The summed E-state index contributed by atoms with van der Waals surface area (Å²) in [5.74, 6) is 0.620. The van der Waals surface area contributed by atoms with Crippen LogP contribution < -0.4 is 14.3 Å². The molecular formula is C15H14N2O4S2. The Morgan fingerprint density at radius 3 is 2.78 bits per heavy atom. The van der Waals surface area contributed by atoms with E-state index in [1.807, 2.05) is 12.1 Å². The molecule has 0 atom stereocenters. The molecule has 2 aromatic carbocycles. The summed E-state index contributed by atoms with van der Waals surface area (Å²) in [5.41, 5.74) is 1.37. The van der Waals surface area contributed by atoms with Gasteiger partial charge in [0.15, 0.2) is 0 Å². The molecule has 2 N–H and O–H groups in total. The molecule has 3 aromatic rings. The van der Waals surface area contributed by atoms with Crippen LogP contribution >= 0.6 is 11.3 Å². The molecule has 0 aliphatic rings. The Morgan fingerprint density at radius 2 is 2.00 bits per heavy atom. The van der Waals surface area contributed by atoms with Gasteiger partial charge in [-0.25, -0.2) is 13.1 Å². The zero-order valence-electron chi connectivity index (χ0n) is 12.2. The Balaban J connectivity index is 1.86. The Hall–Kier alpha value is -2.16. The summed E-state index contributed by atoms with van der Waals surface area (Å²) in [4.78, 5) is 13.9. The van der Waals surface area contributed by atoms with Gasteiger partial charge in [0.25, 0.3) is 0 Å². The standard InChI is InChI=1S/C15H14N2O4S2/c1-21-13-5-3-2-4-10(13)9-16-23(19,20)11-6-7-12-14(8-11)22-15(18)17-12/h2-8,16H,9H2,1H3,(H,17,18). The molecule has 0 saturated carbocycles. The molecule has 23 heavy (non-hydrogen) atoms. The van der Waals surface area contributed by atoms with Gasteiger partial charge in [0, 0.05) is 12.1 Å². The van der Waals surface area contributed by atoms with E-state index in [-0.39, 0.29) is 16.3 Å². The fourth-order valence-corrected chi connectivity index (χ4v) is 4.08. The second-order valence-corrected chi connectivity index (χ2v) is 7.59. The molecule has 3 rings (SSSR count). The van der Waals surface area contributed by atoms with Gasteiger partial charge in [0.2, 0.25) is 10.0 Å². The second kappa shape index (κ2) is 6.15. The Bertz CT molecular complexity index is 1010. The van der Waals surface area contributed by atoms with Crippen molar-refractivity contribution in [3.05, 3.63) is 57.7 Å². The van der Waals surface area contributed by atoms with Crippen molar-refractivity contribution in [2.24, 2.45) is 0 Å². The molecule has 0 saturated heterocycles. The van der Waals surface area contributed by atoms with Crippen LogP contribution in [0.1, 0.15) is 5.56 Å². The molecule has 1 heterocycles. The molecule has 0 fully saturated rings. The maximum Gasteiger partial charge on any atom is 0.305 e. The number of ether oxygens (including phenoxy) is 1. The maximum absolute atomic E-state index is 12.4. The SMILES string of the molecule is COc1ccccc1CNS(=O)(=O)c1ccc2[nH]c(=O)sc2c1. The number of nitrogens with one attached hydrogen (secondary N) is 2. The van der Waals surface area contributed by atoms with Crippen LogP contribution in [-0.2, 0) is 16.6 Å². The third-order valence-corrected chi connectivity index (χ3v) is 5.59. The van der Waals surface area contributed by atoms with Crippen molar-refractivity contribution in [2.75, 3.05) is 7.11 Å². The van der Waals surface area contributed by atoms with E-state index in [0.717, 1.165) is 16.9 Å². The summed E-state index contributed by atoms with van der Waals surface area (Å²) < 4.78 is 33.2. The molecule has 1 aromatic heterocycles. The topological polar surface area (TPSA) is 88.3 Å². The second-order valence-electron chi connectivity index (χ2n) is 4.81. The van der Waals surface area contributed by atoms with Gasteiger partial charge in [-0.05, 0) is 24.3 Å². The van der Waals surface area contributed by atoms with Crippen LogP contribution in [0.4, 0.5) is 0 Å². The van der Waals surface area contributed by atoms with Crippen LogP contribution in [0.15, 0.2) is 52.2 Å². The molecule has 0 aliphatic heterocycles. The van der Waals surface area contributed by atoms with Gasteiger partial charge in [-0.2, -0.15) is 0 Å². The van der Waals surface area contributed by atoms with Crippen molar-refractivity contribution in [3.8, 4) is 5.75 Å². The number of hydrogen-bond donors (Lipinski definition) is 2. The maximum atomic E-state index is 12.4. The van der Waals surface area contributed by atoms with Crippen molar-refractivity contribution in [1.82, 2.24) is 9.71 Å². The first kappa shape index (κ1) is 15.7. The molecule has 8 heteroatoms. The predicted octanol–water partition coefficient (Wildman–Crippen LogP) is 2.08. The lowest BCUT2D eigenvalue weighted by Gasteiger charge is -2.10. The van der Waals surface area contributed by atoms with Crippen LogP contribution in [0.3, 0.4) is 0 Å². The van der Waals surface area contributed by atoms with Gasteiger partial charge < -0.3 is 9.72 Å². The number of aromatic nitrogens is 1. The van der Waals surface area contributed by atoms with Gasteiger partial charge in [0.05, 0.1) is 22.2 Å². The largest absolute Gasteiger partial charge is 0.496 e. The van der Waals surface area contributed by atoms with Gasteiger partial charge in [0.1, 0.15) is 5.75 Å². The van der Waals surface area contributed by atoms with Crippen molar-refractivity contribution >= 4 is 31.6 Å². The van der Waals surface area contributed by atoms with Crippen LogP contribution in [0.2, 0.25) is 0 Å². The van der Waals surface area contributed by atoms with E-state index < -0.39 is 10.0 Å². The number of aromatic amines is 1. The van der Waals surface area contributed by atoms with Crippen LogP contribution in [0, 0.1) is 0 Å². The number of sulfonamides is 1. The van der Waals surface area contributed by atoms with Crippen LogP contribution in [0.25, 0.3) is 10.2 Å². The first-order valence-corrected chi connectivity index (χ1v) is 9.04. The number of H-pyrrole nitrogens is 1. The first-order valence-electron chi connectivity index (χ1n) is 6.74. The Labute approximate surface area is 136 Å². The van der Waals surface area contributed by atoms with Crippen molar-refractivity contribution in [1.29, 1.82) is 0 Å². The minimum atomic E-state index is -3.68. The van der Waals surface area contributed by atoms with E-state index in [1.165, 1.54) is 19.2 Å². The Kier molecular flexibility index (Phi) is 4.20. The fourth-order valence-electron chi connectivity index (χ4n) is 2.20. The first-order chi connectivity index (χ1) is 11.0. The Morgan fingerprint density at radius 1 is 1.22 bits per heavy atom. The van der Waals surface area contributed by atoms with E-state index >= 15 is 0 Å². The zero-order valence-corrected chi connectivity index (χ0v) is 13.8. The third kappa shape index (κ3) is 3.29. The minimum Gasteiger partial charge on any atom is -0.496 e. The lowest BCUT2D eigenvalue weighted by atomic mass is 10.2. The summed E-state index contributed by atoms with van der Waals surface area (Å²) in [5, 5.41) is 0. The molecular weight excluding hydrogens is 336 g/mol. The third-order valence-electron chi connectivity index (χ3n) is 3.35. The zero-order chi connectivity index (χ0) is 16.4. The summed E-state index contributed by atoms with van der Waals surface area (Å²) in [6, 6.07) is 11.7. The number of hydrogen-bond acceptors (Lipinski definition) is 5. The molecule has 0 amide bonds. The van der Waals surface area contributed by atoms with Gasteiger partial charge in [-0.3, -0.25) is 4.79 Å². The average Bonchev–Trinajstić information content (AvgIpc) is 2.92. The van der Waals surface area contributed by atoms with Crippen molar-refractivity contribution in [3.63, 3.8) is 0 Å². The molecule has 0 radical (unpaired) electrons. The molecule has 120 valence electrons. The van der Waals surface area contributed by atoms with E-state index in [9.17, 15) is 13.2 Å². The molecule has 0 aliphatic carbocycles. The quantitative estimate of drug-likeness (QED) is 0.737. The number of rotatable bonds is 5. The number of benzene rings is 2. The summed E-state index contributed by atoms with van der Waals surface area (Å²) >= 11 is 0.980.